The smallest absolute Gasteiger partial charge is 0.222 e. The van der Waals surface area contributed by atoms with Crippen LogP contribution in [0.2, 0.25) is 0 Å². The molecule has 1 unspecified atom stereocenters. The van der Waals surface area contributed by atoms with Crippen molar-refractivity contribution in [1.29, 1.82) is 0 Å². The second-order valence-corrected chi connectivity index (χ2v) is 5.59. The number of benzene rings is 1. The second kappa shape index (κ2) is 7.43. The van der Waals surface area contributed by atoms with Gasteiger partial charge in [-0.25, -0.2) is 0 Å². The number of nitrogens with one attached hydrogen (secondary N) is 1. The quantitative estimate of drug-likeness (QED) is 0.721. The van der Waals surface area contributed by atoms with Crippen molar-refractivity contribution in [2.75, 3.05) is 24.7 Å². The predicted molar refractivity (Wildman–Crippen MR) is 82.3 cm³/mol. The summed E-state index contributed by atoms with van der Waals surface area (Å²) in [4.78, 5) is 14.1. The topological polar surface area (TPSA) is 72.8 Å². The van der Waals surface area contributed by atoms with E-state index in [0.29, 0.717) is 19.0 Å². The number of aliphatic hydroxyl groups is 2. The van der Waals surface area contributed by atoms with Gasteiger partial charge in [-0.1, -0.05) is 18.2 Å². The summed E-state index contributed by atoms with van der Waals surface area (Å²) in [5.74, 6) is -0.140. The largest absolute Gasteiger partial charge is 0.394 e. The zero-order valence-electron chi connectivity index (χ0n) is 12.5. The highest BCUT2D eigenvalue weighted by atomic mass is 16.3. The highest BCUT2D eigenvalue weighted by Crippen LogP contribution is 2.30. The number of hydrogen-bond acceptors (Lipinski definition) is 4. The van der Waals surface area contributed by atoms with Crippen LogP contribution in [0.4, 0.5) is 5.69 Å². The standard InChI is InChI=1S/C16H24N2O3/c1-12-6-7-13-4-2-3-5-15(13)18(12)9-8-16(21)17-14(10-19)11-20/h2-5,12,14,19-20H,6-11H2,1H3,(H,17,21). The lowest BCUT2D eigenvalue weighted by atomic mass is 9.96. The van der Waals surface area contributed by atoms with Crippen LogP contribution in [0, 0.1) is 0 Å². The molecule has 1 atom stereocenters. The van der Waals surface area contributed by atoms with Gasteiger partial charge in [0.15, 0.2) is 0 Å². The SMILES string of the molecule is CC1CCc2ccccc2N1CCC(=O)NC(CO)CO. The molecule has 0 bridgehead atoms. The second-order valence-electron chi connectivity index (χ2n) is 5.59. The van der Waals surface area contributed by atoms with E-state index in [9.17, 15) is 4.79 Å². The van der Waals surface area contributed by atoms with Gasteiger partial charge in [0, 0.05) is 24.7 Å². The summed E-state index contributed by atoms with van der Waals surface area (Å²) in [6.07, 6.45) is 2.53. The van der Waals surface area contributed by atoms with E-state index in [1.165, 1.54) is 11.3 Å². The summed E-state index contributed by atoms with van der Waals surface area (Å²) < 4.78 is 0. The summed E-state index contributed by atoms with van der Waals surface area (Å²) in [6, 6.07) is 8.17. The molecule has 0 aliphatic carbocycles. The van der Waals surface area contributed by atoms with Gasteiger partial charge < -0.3 is 20.4 Å². The van der Waals surface area contributed by atoms with E-state index in [1.807, 2.05) is 12.1 Å². The van der Waals surface area contributed by atoms with E-state index in [1.54, 1.807) is 0 Å². The van der Waals surface area contributed by atoms with Crippen molar-refractivity contribution < 1.29 is 15.0 Å². The molecule has 21 heavy (non-hydrogen) atoms. The lowest BCUT2D eigenvalue weighted by Gasteiger charge is -2.37. The average Bonchev–Trinajstić information content (AvgIpc) is 2.51. The number of anilines is 1. The molecule has 116 valence electrons. The molecule has 0 saturated carbocycles. The lowest BCUT2D eigenvalue weighted by Crippen LogP contribution is -2.43. The van der Waals surface area contributed by atoms with Gasteiger partial charge in [0.2, 0.25) is 5.91 Å². The molecule has 5 heteroatoms. The van der Waals surface area contributed by atoms with Crippen LogP contribution in [-0.4, -0.2) is 48.0 Å². The Bertz CT molecular complexity index is 474. The molecule has 1 aliphatic rings. The number of nitrogens with zero attached hydrogens (tertiary/aromatic N) is 1. The Kier molecular flexibility index (Phi) is 5.59. The minimum Gasteiger partial charge on any atom is -0.394 e. The number of rotatable bonds is 6. The van der Waals surface area contributed by atoms with Crippen molar-refractivity contribution in [2.24, 2.45) is 0 Å². The molecule has 3 N–H and O–H groups in total. The number of hydrogen-bond donors (Lipinski definition) is 3. The number of aliphatic hydroxyl groups excluding tert-OH is 2. The van der Waals surface area contributed by atoms with Crippen LogP contribution in [0.25, 0.3) is 0 Å². The lowest BCUT2D eigenvalue weighted by molar-refractivity contribution is -0.122. The number of aryl methyl sites for hydroxylation is 1. The monoisotopic (exact) mass is 292 g/mol. The van der Waals surface area contributed by atoms with Crippen molar-refractivity contribution in [2.45, 2.75) is 38.3 Å². The van der Waals surface area contributed by atoms with Crippen molar-refractivity contribution in [3.05, 3.63) is 29.8 Å². The molecule has 0 radical (unpaired) electrons. The number of carbonyl (C=O) groups excluding carboxylic acids is 1. The fraction of sp³-hybridized carbons (Fsp3) is 0.562. The van der Waals surface area contributed by atoms with Crippen LogP contribution in [0.1, 0.15) is 25.3 Å². The number of fused-ring (bicyclic) bond motifs is 1. The van der Waals surface area contributed by atoms with Crippen LogP contribution in [-0.2, 0) is 11.2 Å². The van der Waals surface area contributed by atoms with E-state index in [2.05, 4.69) is 29.3 Å². The fourth-order valence-electron chi connectivity index (χ4n) is 2.77. The minimum atomic E-state index is -0.566. The molecule has 5 nitrogen and oxygen atoms in total. The summed E-state index contributed by atoms with van der Waals surface area (Å²) >= 11 is 0. The molecule has 2 rings (SSSR count). The van der Waals surface area contributed by atoms with Crippen molar-refractivity contribution in [3.63, 3.8) is 0 Å². The van der Waals surface area contributed by atoms with E-state index in [4.69, 9.17) is 10.2 Å². The first-order chi connectivity index (χ1) is 10.2. The maximum Gasteiger partial charge on any atom is 0.222 e. The molecular weight excluding hydrogens is 268 g/mol. The van der Waals surface area contributed by atoms with E-state index in [-0.39, 0.29) is 19.1 Å². The van der Waals surface area contributed by atoms with Crippen LogP contribution >= 0.6 is 0 Å². The van der Waals surface area contributed by atoms with Gasteiger partial charge in [-0.2, -0.15) is 0 Å². The fourth-order valence-corrected chi connectivity index (χ4v) is 2.77. The van der Waals surface area contributed by atoms with Crippen LogP contribution in [0.15, 0.2) is 24.3 Å². The number of para-hydroxylation sites is 1. The number of amides is 1. The van der Waals surface area contributed by atoms with Gasteiger partial charge in [-0.15, -0.1) is 0 Å². The Morgan fingerprint density at radius 3 is 2.81 bits per heavy atom. The highest BCUT2D eigenvalue weighted by molar-refractivity contribution is 5.77. The van der Waals surface area contributed by atoms with E-state index >= 15 is 0 Å². The van der Waals surface area contributed by atoms with Gasteiger partial charge in [0.1, 0.15) is 0 Å². The van der Waals surface area contributed by atoms with Crippen LogP contribution in [0.3, 0.4) is 0 Å². The van der Waals surface area contributed by atoms with Crippen molar-refractivity contribution in [3.8, 4) is 0 Å². The minimum absolute atomic E-state index is 0.140. The maximum absolute atomic E-state index is 11.9. The highest BCUT2D eigenvalue weighted by Gasteiger charge is 2.23. The van der Waals surface area contributed by atoms with Gasteiger partial charge in [0.25, 0.3) is 0 Å². The molecule has 1 aromatic carbocycles. The molecule has 0 aromatic heterocycles. The maximum atomic E-state index is 11.9. The number of carbonyl (C=O) groups is 1. The normalized spacial score (nSPS) is 17.7. The summed E-state index contributed by atoms with van der Waals surface area (Å²) in [5.41, 5.74) is 2.55. The van der Waals surface area contributed by atoms with Gasteiger partial charge >= 0.3 is 0 Å². The van der Waals surface area contributed by atoms with Crippen LogP contribution in [0.5, 0.6) is 0 Å². The van der Waals surface area contributed by atoms with Gasteiger partial charge in [0.05, 0.1) is 19.3 Å². The Morgan fingerprint density at radius 1 is 1.38 bits per heavy atom. The summed E-state index contributed by atoms with van der Waals surface area (Å²) in [7, 11) is 0. The Morgan fingerprint density at radius 2 is 2.10 bits per heavy atom. The zero-order chi connectivity index (χ0) is 15.2. The summed E-state index contributed by atoms with van der Waals surface area (Å²) in [6.45, 7) is 2.34. The first kappa shape index (κ1) is 15.8. The van der Waals surface area contributed by atoms with Gasteiger partial charge in [-0.05, 0) is 31.4 Å². The average molecular weight is 292 g/mol. The third-order valence-electron chi connectivity index (χ3n) is 4.05. The van der Waals surface area contributed by atoms with Crippen molar-refractivity contribution >= 4 is 11.6 Å². The Balaban J connectivity index is 1.95. The first-order valence-electron chi connectivity index (χ1n) is 7.51. The third kappa shape index (κ3) is 3.95. The van der Waals surface area contributed by atoms with Crippen LogP contribution < -0.4 is 10.2 Å². The predicted octanol–water partition coefficient (Wildman–Crippen LogP) is 0.687. The van der Waals surface area contributed by atoms with E-state index in [0.717, 1.165) is 12.8 Å². The summed E-state index contributed by atoms with van der Waals surface area (Å²) in [5, 5.41) is 20.6. The molecule has 0 saturated heterocycles. The molecule has 1 aliphatic heterocycles. The molecule has 0 spiro atoms. The van der Waals surface area contributed by atoms with Gasteiger partial charge in [-0.3, -0.25) is 4.79 Å². The third-order valence-corrected chi connectivity index (χ3v) is 4.05. The Labute approximate surface area is 125 Å². The molecule has 0 fully saturated rings. The van der Waals surface area contributed by atoms with E-state index < -0.39 is 6.04 Å². The zero-order valence-corrected chi connectivity index (χ0v) is 12.5. The first-order valence-corrected chi connectivity index (χ1v) is 7.51. The Hall–Kier alpha value is -1.59. The van der Waals surface area contributed by atoms with Crippen molar-refractivity contribution in [1.82, 2.24) is 5.32 Å². The molecule has 1 aromatic rings. The molecule has 1 heterocycles. The molecular formula is C16H24N2O3. The molecule has 1 amide bonds.